The highest BCUT2D eigenvalue weighted by molar-refractivity contribution is 5.71. The first-order chi connectivity index (χ1) is 38.0. The summed E-state index contributed by atoms with van der Waals surface area (Å²) in [4.78, 5) is 38.3. The molecule has 1 unspecified atom stereocenters. The SMILES string of the molecule is CC/C=C\C/C=C\C/C=C\C/C=C\C/C=C\CCCCCCCCCC(=O)OCC(COC(=O)CCCC/C=C\C/C=C\C/C=C\C/C=C\CC)OC(=O)CCCCCCCCCC/C=C\C/C=C\C/C=C\C/C=C\CC. The second kappa shape index (κ2) is 63.6. The molecule has 0 radical (unpaired) electrons. The van der Waals surface area contributed by atoms with Gasteiger partial charge < -0.3 is 14.2 Å². The third kappa shape index (κ3) is 61.8. The number of rotatable bonds is 54. The lowest BCUT2D eigenvalue weighted by atomic mass is 10.1. The van der Waals surface area contributed by atoms with Gasteiger partial charge >= 0.3 is 17.9 Å². The van der Waals surface area contributed by atoms with Gasteiger partial charge in [0.25, 0.3) is 0 Å². The zero-order valence-corrected chi connectivity index (χ0v) is 49.4. The predicted molar refractivity (Wildman–Crippen MR) is 334 cm³/mol. The van der Waals surface area contributed by atoms with Gasteiger partial charge in [-0.15, -0.1) is 0 Å². The Bertz CT molecular complexity index is 1740. The maximum Gasteiger partial charge on any atom is 0.306 e. The Hall–Kier alpha value is -4.97. The van der Waals surface area contributed by atoms with E-state index in [1.165, 1.54) is 57.8 Å². The average Bonchev–Trinajstić information content (AvgIpc) is 3.43. The Labute approximate surface area is 473 Å². The molecule has 0 aliphatic rings. The summed E-state index contributed by atoms with van der Waals surface area (Å²) in [6, 6.07) is 0. The predicted octanol–water partition coefficient (Wildman–Crippen LogP) is 21.3. The lowest BCUT2D eigenvalue weighted by molar-refractivity contribution is -0.167. The molecular weight excluding hydrogens is 949 g/mol. The highest BCUT2D eigenvalue weighted by atomic mass is 16.6. The second-order valence-corrected chi connectivity index (χ2v) is 19.8. The molecule has 0 aromatic carbocycles. The largest absolute Gasteiger partial charge is 0.462 e. The summed E-state index contributed by atoms with van der Waals surface area (Å²) >= 11 is 0. The van der Waals surface area contributed by atoms with Gasteiger partial charge in [0.15, 0.2) is 6.10 Å². The summed E-state index contributed by atoms with van der Waals surface area (Å²) < 4.78 is 16.9. The van der Waals surface area contributed by atoms with Crippen LogP contribution in [0.1, 0.15) is 252 Å². The maximum atomic E-state index is 12.9. The molecule has 1 atom stereocenters. The summed E-state index contributed by atoms with van der Waals surface area (Å²) in [5.41, 5.74) is 0. The smallest absolute Gasteiger partial charge is 0.306 e. The minimum Gasteiger partial charge on any atom is -0.462 e. The molecule has 0 rings (SSSR count). The molecule has 0 saturated carbocycles. The van der Waals surface area contributed by atoms with E-state index in [9.17, 15) is 14.4 Å². The van der Waals surface area contributed by atoms with E-state index >= 15 is 0 Å². The zero-order chi connectivity index (χ0) is 55.7. The van der Waals surface area contributed by atoms with Gasteiger partial charge in [0.2, 0.25) is 0 Å². The Morgan fingerprint density at radius 3 is 0.753 bits per heavy atom. The summed E-state index contributed by atoms with van der Waals surface area (Å²) in [5, 5.41) is 0. The lowest BCUT2D eigenvalue weighted by Crippen LogP contribution is -2.30. The molecule has 0 saturated heterocycles. The molecule has 0 aromatic rings. The molecule has 0 heterocycles. The average molecular weight is 1060 g/mol. The summed E-state index contributed by atoms with van der Waals surface area (Å²) in [5.74, 6) is -0.972. The Morgan fingerprint density at radius 1 is 0.260 bits per heavy atom. The molecule has 0 aromatic heterocycles. The van der Waals surface area contributed by atoms with Crippen molar-refractivity contribution in [2.24, 2.45) is 0 Å². The van der Waals surface area contributed by atoms with Gasteiger partial charge in [-0.05, 0) is 141 Å². The molecule has 0 aliphatic heterocycles. The van der Waals surface area contributed by atoms with Crippen LogP contribution in [-0.4, -0.2) is 37.2 Å². The minimum atomic E-state index is -0.814. The van der Waals surface area contributed by atoms with Gasteiger partial charge in [-0.2, -0.15) is 0 Å². The first-order valence-electron chi connectivity index (χ1n) is 31.0. The van der Waals surface area contributed by atoms with Gasteiger partial charge in [0, 0.05) is 19.3 Å². The van der Waals surface area contributed by atoms with Crippen LogP contribution in [0.3, 0.4) is 0 Å². The van der Waals surface area contributed by atoms with E-state index in [2.05, 4.69) is 179 Å². The first kappa shape index (κ1) is 72.0. The molecule has 0 bridgehead atoms. The van der Waals surface area contributed by atoms with E-state index in [0.29, 0.717) is 25.7 Å². The van der Waals surface area contributed by atoms with Crippen LogP contribution in [0.5, 0.6) is 0 Å². The summed E-state index contributed by atoms with van der Waals surface area (Å²) in [6.45, 7) is 6.24. The molecule has 0 amide bonds. The third-order valence-electron chi connectivity index (χ3n) is 12.5. The van der Waals surface area contributed by atoms with Crippen LogP contribution in [0.15, 0.2) is 158 Å². The Balaban J connectivity index is 4.48. The minimum absolute atomic E-state index is 0.107. The summed E-state index contributed by atoms with van der Waals surface area (Å²) in [6.07, 6.45) is 92.4. The Morgan fingerprint density at radius 2 is 0.468 bits per heavy atom. The van der Waals surface area contributed by atoms with Crippen molar-refractivity contribution in [2.75, 3.05) is 13.2 Å². The molecule has 0 spiro atoms. The molecule has 6 nitrogen and oxygen atoms in total. The molecule has 6 heteroatoms. The fourth-order valence-corrected chi connectivity index (χ4v) is 7.98. The van der Waals surface area contributed by atoms with Crippen LogP contribution in [0, 0.1) is 0 Å². The van der Waals surface area contributed by atoms with Crippen molar-refractivity contribution in [3.05, 3.63) is 158 Å². The quantitative estimate of drug-likeness (QED) is 0.0261. The first-order valence-corrected chi connectivity index (χ1v) is 31.0. The standard InChI is InChI=1S/C71H112O6/c1-4-7-10-13-16-19-22-25-28-30-32-34-35-37-38-40-43-46-49-52-55-58-61-64-70(73)76-67-68(66-75-69(72)63-60-57-54-51-48-45-42-27-24-21-18-15-12-9-6-3)77-71(74)65-62-59-56-53-50-47-44-41-39-36-33-31-29-26-23-20-17-14-11-8-5-2/h7-12,16-21,25-29,32-34,36-38,42,48,51,68H,4-6,13-15,22-24,30-31,35,39-41,43-47,49-50,52-67H2,1-3H3/b10-7-,11-8-,12-9-,19-16-,20-17-,21-18-,28-25-,29-26-,34-32-,36-33-,38-37-,42-27-,51-48-. The number of carbonyl (C=O) groups excluding carboxylic acids is 3. The van der Waals surface area contributed by atoms with Crippen molar-refractivity contribution in [3.63, 3.8) is 0 Å². The fourth-order valence-electron chi connectivity index (χ4n) is 7.98. The molecule has 0 fully saturated rings. The molecule has 432 valence electrons. The normalized spacial score (nSPS) is 13.2. The van der Waals surface area contributed by atoms with Crippen LogP contribution in [0.2, 0.25) is 0 Å². The van der Waals surface area contributed by atoms with E-state index in [4.69, 9.17) is 14.2 Å². The van der Waals surface area contributed by atoms with Crippen LogP contribution >= 0.6 is 0 Å². The molecule has 0 N–H and O–H groups in total. The highest BCUT2D eigenvalue weighted by Gasteiger charge is 2.19. The number of carbonyl (C=O) groups is 3. The van der Waals surface area contributed by atoms with E-state index in [1.807, 2.05) is 0 Å². The van der Waals surface area contributed by atoms with E-state index in [-0.39, 0.29) is 31.1 Å². The summed E-state index contributed by atoms with van der Waals surface area (Å²) in [7, 11) is 0. The van der Waals surface area contributed by atoms with Crippen molar-refractivity contribution >= 4 is 17.9 Å². The van der Waals surface area contributed by atoms with E-state index in [0.717, 1.165) is 148 Å². The van der Waals surface area contributed by atoms with Crippen molar-refractivity contribution < 1.29 is 28.6 Å². The second-order valence-electron chi connectivity index (χ2n) is 19.8. The molecule has 77 heavy (non-hydrogen) atoms. The number of ether oxygens (including phenoxy) is 3. The number of hydrogen-bond donors (Lipinski definition) is 0. The van der Waals surface area contributed by atoms with Crippen molar-refractivity contribution in [2.45, 2.75) is 258 Å². The fraction of sp³-hybridized carbons (Fsp3) is 0.592. The van der Waals surface area contributed by atoms with Crippen LogP contribution in [0.25, 0.3) is 0 Å². The lowest BCUT2D eigenvalue weighted by Gasteiger charge is -2.18. The molecular formula is C71H112O6. The van der Waals surface area contributed by atoms with Crippen molar-refractivity contribution in [1.82, 2.24) is 0 Å². The van der Waals surface area contributed by atoms with Gasteiger partial charge in [-0.3, -0.25) is 14.4 Å². The number of hydrogen-bond acceptors (Lipinski definition) is 6. The highest BCUT2D eigenvalue weighted by Crippen LogP contribution is 2.14. The third-order valence-corrected chi connectivity index (χ3v) is 12.5. The monoisotopic (exact) mass is 1060 g/mol. The molecule has 0 aliphatic carbocycles. The maximum absolute atomic E-state index is 12.9. The van der Waals surface area contributed by atoms with Crippen LogP contribution < -0.4 is 0 Å². The van der Waals surface area contributed by atoms with Crippen molar-refractivity contribution in [1.29, 1.82) is 0 Å². The van der Waals surface area contributed by atoms with Gasteiger partial charge in [0.05, 0.1) is 0 Å². The number of esters is 3. The van der Waals surface area contributed by atoms with Crippen LogP contribution in [-0.2, 0) is 28.6 Å². The topological polar surface area (TPSA) is 78.9 Å². The van der Waals surface area contributed by atoms with Gasteiger partial charge in [-0.1, -0.05) is 249 Å². The van der Waals surface area contributed by atoms with E-state index < -0.39 is 6.10 Å². The Kier molecular flexibility index (Phi) is 59.5. The number of allylic oxidation sites excluding steroid dienone is 26. The van der Waals surface area contributed by atoms with Gasteiger partial charge in [-0.25, -0.2) is 0 Å². The van der Waals surface area contributed by atoms with Gasteiger partial charge in [0.1, 0.15) is 13.2 Å². The number of unbranched alkanes of at least 4 members (excludes halogenated alkanes) is 17. The zero-order valence-electron chi connectivity index (χ0n) is 49.4. The van der Waals surface area contributed by atoms with Crippen LogP contribution in [0.4, 0.5) is 0 Å². The van der Waals surface area contributed by atoms with Crippen molar-refractivity contribution in [3.8, 4) is 0 Å². The van der Waals surface area contributed by atoms with E-state index in [1.54, 1.807) is 0 Å².